The van der Waals surface area contributed by atoms with E-state index in [-0.39, 0.29) is 0 Å². The number of hydrogen-bond donors (Lipinski definition) is 1. The Balaban J connectivity index is 2.85. The van der Waals surface area contributed by atoms with Crippen molar-refractivity contribution in [2.45, 2.75) is 25.9 Å². The van der Waals surface area contributed by atoms with Crippen LogP contribution in [0.5, 0.6) is 0 Å². The van der Waals surface area contributed by atoms with Crippen LogP contribution in [0.15, 0.2) is 39.3 Å². The van der Waals surface area contributed by atoms with Gasteiger partial charge in [-0.15, -0.1) is 0 Å². The predicted octanol–water partition coefficient (Wildman–Crippen LogP) is 4.60. The van der Waals surface area contributed by atoms with Crippen molar-refractivity contribution in [3.8, 4) is 0 Å². The van der Waals surface area contributed by atoms with E-state index in [0.717, 1.165) is 26.5 Å². The molecule has 1 aromatic carbocycles. The van der Waals surface area contributed by atoms with Crippen molar-refractivity contribution >= 4 is 31.9 Å². The summed E-state index contributed by atoms with van der Waals surface area (Å²) in [5.41, 5.74) is 1.97. The quantitative estimate of drug-likeness (QED) is 0.798. The minimum Gasteiger partial charge on any atom is -0.388 e. The van der Waals surface area contributed by atoms with Gasteiger partial charge in [0.2, 0.25) is 0 Å². The fourth-order valence-corrected chi connectivity index (χ4v) is 2.19. The summed E-state index contributed by atoms with van der Waals surface area (Å²) in [4.78, 5) is 0. The first-order valence-corrected chi connectivity index (χ1v) is 6.42. The Morgan fingerprint density at radius 1 is 1.47 bits per heavy atom. The number of rotatable bonds is 4. The molecule has 0 spiro atoms. The van der Waals surface area contributed by atoms with Gasteiger partial charge in [0.25, 0.3) is 0 Å². The van der Waals surface area contributed by atoms with Crippen molar-refractivity contribution in [1.82, 2.24) is 0 Å². The minimum absolute atomic E-state index is 0.482. The van der Waals surface area contributed by atoms with Gasteiger partial charge in [-0.05, 0) is 36.6 Å². The van der Waals surface area contributed by atoms with E-state index in [0.29, 0.717) is 6.42 Å². The van der Waals surface area contributed by atoms with Crippen molar-refractivity contribution in [2.75, 3.05) is 0 Å². The molecule has 1 N–H and O–H groups in total. The molecule has 1 nitrogen and oxygen atoms in total. The van der Waals surface area contributed by atoms with Crippen LogP contribution >= 0.6 is 31.9 Å². The molecule has 1 aromatic rings. The highest BCUT2D eigenvalue weighted by atomic mass is 79.9. The van der Waals surface area contributed by atoms with Gasteiger partial charge in [0.15, 0.2) is 0 Å². The second-order valence-corrected chi connectivity index (χ2v) is 5.26. The van der Waals surface area contributed by atoms with E-state index in [4.69, 9.17) is 0 Å². The van der Waals surface area contributed by atoms with Gasteiger partial charge < -0.3 is 5.11 Å². The van der Waals surface area contributed by atoms with Gasteiger partial charge in [-0.25, -0.2) is 0 Å². The van der Waals surface area contributed by atoms with Gasteiger partial charge in [-0.1, -0.05) is 50.9 Å². The van der Waals surface area contributed by atoms with Crippen molar-refractivity contribution < 1.29 is 5.11 Å². The fourth-order valence-electron chi connectivity index (χ4n) is 1.30. The van der Waals surface area contributed by atoms with Crippen LogP contribution in [0.25, 0.3) is 0 Å². The highest BCUT2D eigenvalue weighted by molar-refractivity contribution is 9.11. The molecule has 3 heteroatoms. The van der Waals surface area contributed by atoms with Gasteiger partial charge in [-0.2, -0.15) is 0 Å². The number of hydrogen-bond acceptors (Lipinski definition) is 1. The lowest BCUT2D eigenvalue weighted by Gasteiger charge is -2.14. The summed E-state index contributed by atoms with van der Waals surface area (Å²) in [6.07, 6.45) is 1.04. The Hall–Kier alpha value is -0.120. The lowest BCUT2D eigenvalue weighted by atomic mass is 10.0. The third kappa shape index (κ3) is 3.74. The van der Waals surface area contributed by atoms with E-state index in [1.54, 1.807) is 0 Å². The zero-order valence-corrected chi connectivity index (χ0v) is 11.8. The van der Waals surface area contributed by atoms with Gasteiger partial charge >= 0.3 is 0 Å². The first kappa shape index (κ1) is 12.9. The van der Waals surface area contributed by atoms with E-state index in [2.05, 4.69) is 38.4 Å². The summed E-state index contributed by atoms with van der Waals surface area (Å²) in [5.74, 6) is 0. The van der Waals surface area contributed by atoms with Gasteiger partial charge in [0.05, 0.1) is 6.10 Å². The molecule has 0 fully saturated rings. The molecule has 1 rings (SSSR count). The third-order valence-corrected chi connectivity index (χ3v) is 3.51. The van der Waals surface area contributed by atoms with Crippen LogP contribution in [0.4, 0.5) is 0 Å². The Morgan fingerprint density at radius 2 is 2.13 bits per heavy atom. The lowest BCUT2D eigenvalue weighted by Crippen LogP contribution is -1.99. The highest BCUT2D eigenvalue weighted by Crippen LogP contribution is 2.30. The molecule has 0 aliphatic carbocycles. The van der Waals surface area contributed by atoms with Crippen LogP contribution in [-0.2, 0) is 0 Å². The van der Waals surface area contributed by atoms with Crippen LogP contribution in [0.3, 0.4) is 0 Å². The summed E-state index contributed by atoms with van der Waals surface area (Å²) >= 11 is 6.83. The van der Waals surface area contributed by atoms with E-state index in [9.17, 15) is 5.11 Å². The van der Waals surface area contributed by atoms with Crippen molar-refractivity contribution in [1.29, 1.82) is 0 Å². The first-order valence-electron chi connectivity index (χ1n) is 4.84. The largest absolute Gasteiger partial charge is 0.388 e. The number of aliphatic hydroxyl groups is 1. The summed E-state index contributed by atoms with van der Waals surface area (Å²) in [5, 5.41) is 10.0. The van der Waals surface area contributed by atoms with Crippen molar-refractivity contribution in [3.63, 3.8) is 0 Å². The summed E-state index contributed by atoms with van der Waals surface area (Å²) in [6.45, 7) is 5.95. The van der Waals surface area contributed by atoms with Gasteiger partial charge in [-0.3, -0.25) is 0 Å². The normalized spacial score (nSPS) is 12.5. The maximum Gasteiger partial charge on any atom is 0.0838 e. The van der Waals surface area contributed by atoms with Crippen molar-refractivity contribution in [2.24, 2.45) is 0 Å². The van der Waals surface area contributed by atoms with Crippen LogP contribution in [0, 0.1) is 0 Å². The Labute approximate surface area is 107 Å². The number of aliphatic hydroxyl groups excluding tert-OH is 1. The summed E-state index contributed by atoms with van der Waals surface area (Å²) in [7, 11) is 0. The maximum atomic E-state index is 10.0. The molecule has 0 saturated carbocycles. The molecule has 0 bridgehead atoms. The lowest BCUT2D eigenvalue weighted by molar-refractivity contribution is 0.176. The molecule has 15 heavy (non-hydrogen) atoms. The minimum atomic E-state index is -0.482. The van der Waals surface area contributed by atoms with Gasteiger partial charge in [0, 0.05) is 8.95 Å². The van der Waals surface area contributed by atoms with Crippen LogP contribution in [0.2, 0.25) is 0 Å². The average Bonchev–Trinajstić information content (AvgIpc) is 2.21. The van der Waals surface area contributed by atoms with Gasteiger partial charge in [0.1, 0.15) is 0 Å². The van der Waals surface area contributed by atoms with E-state index < -0.39 is 6.10 Å². The second kappa shape index (κ2) is 5.83. The van der Waals surface area contributed by atoms with Crippen LogP contribution in [0.1, 0.15) is 31.4 Å². The molecule has 0 saturated heterocycles. The molecule has 82 valence electrons. The Bertz CT molecular complexity index is 361. The Kier molecular flexibility index (Phi) is 5.03. The predicted molar refractivity (Wildman–Crippen MR) is 70.8 cm³/mol. The van der Waals surface area contributed by atoms with Crippen LogP contribution in [-0.4, -0.2) is 5.11 Å². The molecular formula is C12H14Br2O. The van der Waals surface area contributed by atoms with Crippen molar-refractivity contribution in [3.05, 3.63) is 44.9 Å². The molecule has 0 aliphatic rings. The zero-order chi connectivity index (χ0) is 11.4. The smallest absolute Gasteiger partial charge is 0.0838 e. The van der Waals surface area contributed by atoms with Crippen LogP contribution < -0.4 is 0 Å². The number of halogens is 2. The average molecular weight is 334 g/mol. The molecule has 1 unspecified atom stereocenters. The maximum absolute atomic E-state index is 10.0. The number of benzene rings is 1. The van der Waals surface area contributed by atoms with E-state index >= 15 is 0 Å². The standard InChI is InChI=1S/C12H14Br2O/c1-3-8(2)6-12(15)10-7-9(13)4-5-11(10)14/h4-5,7,12,15H,2-3,6H2,1H3. The fraction of sp³-hybridized carbons (Fsp3) is 0.333. The Morgan fingerprint density at radius 3 is 2.73 bits per heavy atom. The van der Waals surface area contributed by atoms with E-state index in [1.807, 2.05) is 25.1 Å². The second-order valence-electron chi connectivity index (χ2n) is 3.49. The molecule has 0 amide bonds. The molecule has 0 aliphatic heterocycles. The highest BCUT2D eigenvalue weighted by Gasteiger charge is 2.12. The van der Waals surface area contributed by atoms with E-state index in [1.165, 1.54) is 0 Å². The summed E-state index contributed by atoms with van der Waals surface area (Å²) in [6, 6.07) is 5.80. The zero-order valence-electron chi connectivity index (χ0n) is 8.63. The summed E-state index contributed by atoms with van der Waals surface area (Å²) < 4.78 is 1.91. The molecule has 0 heterocycles. The first-order chi connectivity index (χ1) is 7.04. The molecular weight excluding hydrogens is 320 g/mol. The topological polar surface area (TPSA) is 20.2 Å². The third-order valence-electron chi connectivity index (χ3n) is 2.30. The molecule has 1 atom stereocenters. The molecule has 0 radical (unpaired) electrons. The monoisotopic (exact) mass is 332 g/mol. The molecule has 0 aromatic heterocycles. The SMILES string of the molecule is C=C(CC)CC(O)c1cc(Br)ccc1Br.